The van der Waals surface area contributed by atoms with Gasteiger partial charge in [0.25, 0.3) is 0 Å². The molecule has 1 aromatic heterocycles. The summed E-state index contributed by atoms with van der Waals surface area (Å²) in [6.45, 7) is 0.790. The van der Waals surface area contributed by atoms with Crippen LogP contribution < -0.4 is 5.73 Å². The fourth-order valence-electron chi connectivity index (χ4n) is 2.40. The Labute approximate surface area is 95.2 Å². The average Bonchev–Trinajstić information content (AvgIpc) is 3.02. The number of nitrogens with two attached hydrogens (primary N) is 1. The van der Waals surface area contributed by atoms with E-state index < -0.39 is 0 Å². The molecule has 1 heterocycles. The van der Waals surface area contributed by atoms with E-state index in [1.165, 1.54) is 29.4 Å². The fourth-order valence-corrected chi connectivity index (χ4v) is 2.40. The van der Waals surface area contributed by atoms with Crippen molar-refractivity contribution in [2.75, 3.05) is 6.54 Å². The third-order valence-electron chi connectivity index (χ3n) is 3.77. The van der Waals surface area contributed by atoms with Crippen LogP contribution in [0.15, 0.2) is 24.3 Å². The molecule has 0 radical (unpaired) electrons. The van der Waals surface area contributed by atoms with Gasteiger partial charge in [-0.3, -0.25) is 4.68 Å². The highest BCUT2D eigenvalue weighted by Crippen LogP contribution is 2.47. The Kier molecular flexibility index (Phi) is 2.04. The molecule has 0 unspecified atom stereocenters. The van der Waals surface area contributed by atoms with Crippen LogP contribution in [0.4, 0.5) is 0 Å². The van der Waals surface area contributed by atoms with Crippen molar-refractivity contribution in [2.24, 2.45) is 18.2 Å². The van der Waals surface area contributed by atoms with Crippen molar-refractivity contribution in [2.45, 2.75) is 19.3 Å². The van der Waals surface area contributed by atoms with Gasteiger partial charge in [-0.05, 0) is 37.3 Å². The predicted octanol–water partition coefficient (Wildman–Crippen LogP) is 1.85. The van der Waals surface area contributed by atoms with Crippen molar-refractivity contribution in [3.8, 4) is 0 Å². The van der Waals surface area contributed by atoms with Gasteiger partial charge in [0.05, 0.1) is 11.2 Å². The van der Waals surface area contributed by atoms with E-state index in [0.717, 1.165) is 13.0 Å². The molecule has 0 aliphatic heterocycles. The molecule has 0 amide bonds. The van der Waals surface area contributed by atoms with Crippen molar-refractivity contribution < 1.29 is 0 Å². The lowest BCUT2D eigenvalue weighted by molar-refractivity contribution is 0.511. The van der Waals surface area contributed by atoms with E-state index in [0.29, 0.717) is 5.41 Å². The highest BCUT2D eigenvalue weighted by Gasteiger charge is 2.42. The zero-order chi connectivity index (χ0) is 11.2. The summed E-state index contributed by atoms with van der Waals surface area (Å²) in [5, 5.41) is 5.91. The third kappa shape index (κ3) is 1.43. The minimum atomic E-state index is 0.358. The smallest absolute Gasteiger partial charge is 0.0709 e. The van der Waals surface area contributed by atoms with Crippen molar-refractivity contribution >= 4 is 10.9 Å². The van der Waals surface area contributed by atoms with Gasteiger partial charge in [0.1, 0.15) is 0 Å². The lowest BCUT2D eigenvalue weighted by Gasteiger charge is -2.09. The molecule has 3 nitrogen and oxygen atoms in total. The second-order valence-corrected chi connectivity index (χ2v) is 4.97. The first-order valence-electron chi connectivity index (χ1n) is 5.85. The Balaban J connectivity index is 2.04. The molecule has 1 fully saturated rings. The summed E-state index contributed by atoms with van der Waals surface area (Å²) in [5.41, 5.74) is 8.61. The van der Waals surface area contributed by atoms with Crippen LogP contribution in [-0.2, 0) is 13.5 Å². The normalized spacial score (nSPS) is 17.9. The summed E-state index contributed by atoms with van der Waals surface area (Å²) >= 11 is 0. The fraction of sp³-hybridized carbons (Fsp3) is 0.462. The molecule has 1 aromatic carbocycles. The van der Waals surface area contributed by atoms with Crippen LogP contribution in [0.1, 0.15) is 18.5 Å². The molecule has 3 rings (SSSR count). The van der Waals surface area contributed by atoms with Crippen LogP contribution in [0, 0.1) is 5.41 Å². The number of benzene rings is 1. The topological polar surface area (TPSA) is 43.8 Å². The van der Waals surface area contributed by atoms with Crippen LogP contribution in [-0.4, -0.2) is 16.3 Å². The van der Waals surface area contributed by atoms with Gasteiger partial charge in [0.2, 0.25) is 0 Å². The number of para-hydroxylation sites is 1. The number of hydrogen-bond donors (Lipinski definition) is 1. The van der Waals surface area contributed by atoms with Gasteiger partial charge in [-0.15, -0.1) is 0 Å². The molecule has 3 heteroatoms. The average molecular weight is 215 g/mol. The lowest BCUT2D eigenvalue weighted by atomic mass is 9.99. The van der Waals surface area contributed by atoms with Crippen LogP contribution in [0.2, 0.25) is 0 Å². The largest absolute Gasteiger partial charge is 0.330 e. The number of hydrogen-bond acceptors (Lipinski definition) is 2. The lowest BCUT2D eigenvalue weighted by Crippen LogP contribution is -2.18. The maximum atomic E-state index is 5.83. The summed E-state index contributed by atoms with van der Waals surface area (Å²) in [4.78, 5) is 0. The standard InChI is InChI=1S/C13H17N3/c1-16-12-5-3-2-4-10(12)11(15-16)8-13(9-14)6-7-13/h2-5H,6-9,14H2,1H3. The van der Waals surface area contributed by atoms with Crippen molar-refractivity contribution in [3.05, 3.63) is 30.0 Å². The summed E-state index contributed by atoms with van der Waals surface area (Å²) in [7, 11) is 2.01. The quantitative estimate of drug-likeness (QED) is 0.849. The maximum absolute atomic E-state index is 5.83. The highest BCUT2D eigenvalue weighted by atomic mass is 15.3. The number of rotatable bonds is 3. The summed E-state index contributed by atoms with van der Waals surface area (Å²) < 4.78 is 1.97. The van der Waals surface area contributed by atoms with Gasteiger partial charge >= 0.3 is 0 Å². The Bertz CT molecular complexity index is 523. The second-order valence-electron chi connectivity index (χ2n) is 4.97. The van der Waals surface area contributed by atoms with Crippen LogP contribution in [0.25, 0.3) is 10.9 Å². The molecule has 1 saturated carbocycles. The first-order valence-corrected chi connectivity index (χ1v) is 5.85. The molecule has 0 spiro atoms. The van der Waals surface area contributed by atoms with Crippen molar-refractivity contribution in [1.29, 1.82) is 0 Å². The van der Waals surface area contributed by atoms with Gasteiger partial charge in [-0.2, -0.15) is 5.10 Å². The van der Waals surface area contributed by atoms with Crippen LogP contribution in [0.5, 0.6) is 0 Å². The van der Waals surface area contributed by atoms with E-state index in [9.17, 15) is 0 Å². The molecule has 16 heavy (non-hydrogen) atoms. The van der Waals surface area contributed by atoms with Crippen molar-refractivity contribution in [1.82, 2.24) is 9.78 Å². The second kappa shape index (κ2) is 3.32. The molecular weight excluding hydrogens is 198 g/mol. The minimum Gasteiger partial charge on any atom is -0.330 e. The molecule has 0 bridgehead atoms. The van der Waals surface area contributed by atoms with Gasteiger partial charge in [-0.25, -0.2) is 0 Å². The molecular formula is C13H17N3. The number of fused-ring (bicyclic) bond motifs is 1. The zero-order valence-corrected chi connectivity index (χ0v) is 9.61. The van der Waals surface area contributed by atoms with E-state index in [-0.39, 0.29) is 0 Å². The minimum absolute atomic E-state index is 0.358. The SMILES string of the molecule is Cn1nc(CC2(CN)CC2)c2ccccc21. The first-order chi connectivity index (χ1) is 7.74. The number of aryl methyl sites for hydroxylation is 1. The molecule has 2 N–H and O–H groups in total. The maximum Gasteiger partial charge on any atom is 0.0709 e. The van der Waals surface area contributed by atoms with Gasteiger partial charge < -0.3 is 5.73 Å². The van der Waals surface area contributed by atoms with E-state index in [4.69, 9.17) is 5.73 Å². The number of aromatic nitrogens is 2. The van der Waals surface area contributed by atoms with E-state index in [2.05, 4.69) is 29.4 Å². The predicted molar refractivity (Wildman–Crippen MR) is 65.1 cm³/mol. The number of nitrogens with zero attached hydrogens (tertiary/aromatic N) is 2. The molecule has 0 atom stereocenters. The molecule has 1 aliphatic rings. The summed E-state index contributed by atoms with van der Waals surface area (Å²) in [6.07, 6.45) is 3.55. The zero-order valence-electron chi connectivity index (χ0n) is 9.61. The Morgan fingerprint density at radius 3 is 2.81 bits per heavy atom. The Hall–Kier alpha value is -1.35. The molecule has 84 valence electrons. The first kappa shape index (κ1) is 9.85. The molecule has 1 aliphatic carbocycles. The monoisotopic (exact) mass is 215 g/mol. The van der Waals surface area contributed by atoms with Gasteiger partial charge in [0, 0.05) is 12.4 Å². The third-order valence-corrected chi connectivity index (χ3v) is 3.77. The molecule has 2 aromatic rings. The highest BCUT2D eigenvalue weighted by molar-refractivity contribution is 5.81. The van der Waals surface area contributed by atoms with Crippen molar-refractivity contribution in [3.63, 3.8) is 0 Å². The molecule has 0 saturated heterocycles. The van der Waals surface area contributed by atoms with Gasteiger partial charge in [-0.1, -0.05) is 18.2 Å². The summed E-state index contributed by atoms with van der Waals surface area (Å²) in [5.74, 6) is 0. The Morgan fingerprint density at radius 1 is 1.38 bits per heavy atom. The van der Waals surface area contributed by atoms with Gasteiger partial charge in [0.15, 0.2) is 0 Å². The van der Waals surface area contributed by atoms with Crippen LogP contribution in [0.3, 0.4) is 0 Å². The van der Waals surface area contributed by atoms with E-state index in [1.54, 1.807) is 0 Å². The van der Waals surface area contributed by atoms with Crippen LogP contribution >= 0.6 is 0 Å². The Morgan fingerprint density at radius 2 is 2.12 bits per heavy atom. The van der Waals surface area contributed by atoms with E-state index in [1.807, 2.05) is 11.7 Å². The summed E-state index contributed by atoms with van der Waals surface area (Å²) in [6, 6.07) is 8.41. The van der Waals surface area contributed by atoms with E-state index >= 15 is 0 Å².